The Morgan fingerprint density at radius 2 is 1.69 bits per heavy atom. The van der Waals surface area contributed by atoms with Gasteiger partial charge in [-0.05, 0) is 109 Å². The van der Waals surface area contributed by atoms with Gasteiger partial charge in [-0.15, -0.1) is 11.3 Å². The van der Waals surface area contributed by atoms with Crippen LogP contribution in [0.3, 0.4) is 0 Å². The molecule has 5 nitrogen and oxygen atoms in total. The fraction of sp³-hybridized carbons (Fsp3) is 0.333. The van der Waals surface area contributed by atoms with Gasteiger partial charge in [0.05, 0.1) is 7.11 Å². The van der Waals surface area contributed by atoms with Crippen molar-refractivity contribution in [2.45, 2.75) is 38.9 Å². The van der Waals surface area contributed by atoms with Crippen molar-refractivity contribution in [1.82, 2.24) is 4.90 Å². The quantitative estimate of drug-likeness (QED) is 0.197. The maximum atomic E-state index is 10.5. The van der Waals surface area contributed by atoms with Crippen LogP contribution in [0.5, 0.6) is 11.5 Å². The lowest BCUT2D eigenvalue weighted by atomic mass is 9.89. The van der Waals surface area contributed by atoms with Crippen molar-refractivity contribution in [2.75, 3.05) is 33.4 Å². The first-order chi connectivity index (χ1) is 20.6. The van der Waals surface area contributed by atoms with Crippen molar-refractivity contribution in [3.63, 3.8) is 0 Å². The molecular formula is C36H39NO4S. The van der Waals surface area contributed by atoms with E-state index in [0.29, 0.717) is 19.0 Å². The Labute approximate surface area is 252 Å². The molecule has 0 saturated carbocycles. The van der Waals surface area contributed by atoms with Crippen molar-refractivity contribution >= 4 is 21.4 Å². The van der Waals surface area contributed by atoms with E-state index in [2.05, 4.69) is 65.6 Å². The van der Waals surface area contributed by atoms with Gasteiger partial charge in [0.15, 0.2) is 0 Å². The molecule has 2 heterocycles. The normalized spacial score (nSPS) is 19.0. The number of hydrogen-bond acceptors (Lipinski definition) is 6. The monoisotopic (exact) mass is 581 g/mol. The largest absolute Gasteiger partial charge is 0.498 e. The summed E-state index contributed by atoms with van der Waals surface area (Å²) in [6.07, 6.45) is 6.89. The number of thiophene rings is 1. The second-order valence-electron chi connectivity index (χ2n) is 11.2. The van der Waals surface area contributed by atoms with Crippen LogP contribution < -0.4 is 9.47 Å². The predicted molar refractivity (Wildman–Crippen MR) is 171 cm³/mol. The minimum absolute atomic E-state index is 0.0109. The Hall–Kier alpha value is -3.58. The number of nitrogens with zero attached hydrogens (tertiary/aromatic N) is 1. The first-order valence-corrected chi connectivity index (χ1v) is 15.7. The SMILES string of the molecule is COC1=CC(Cc2c(-c3ccc(OCCN4CCCC4)cc3)sc3cc(OCc4ccccc4)ccc23)=CC(C)C1O. The Kier molecular flexibility index (Phi) is 8.94. The molecule has 3 aromatic carbocycles. The Balaban J connectivity index is 1.27. The van der Waals surface area contributed by atoms with Gasteiger partial charge in [-0.25, -0.2) is 0 Å². The molecule has 0 spiro atoms. The van der Waals surface area contributed by atoms with Gasteiger partial charge in [-0.3, -0.25) is 4.90 Å². The molecule has 1 fully saturated rings. The van der Waals surface area contributed by atoms with Gasteiger partial charge in [0.1, 0.15) is 36.6 Å². The highest BCUT2D eigenvalue weighted by Crippen LogP contribution is 2.42. The average Bonchev–Trinajstić information content (AvgIpc) is 3.67. The summed E-state index contributed by atoms with van der Waals surface area (Å²) in [6, 6.07) is 25.2. The summed E-state index contributed by atoms with van der Waals surface area (Å²) in [4.78, 5) is 3.71. The summed E-state index contributed by atoms with van der Waals surface area (Å²) in [6.45, 7) is 6.63. The van der Waals surface area contributed by atoms with Crippen LogP contribution in [-0.2, 0) is 17.8 Å². The summed E-state index contributed by atoms with van der Waals surface area (Å²) in [5.74, 6) is 2.38. The molecule has 0 amide bonds. The molecule has 6 rings (SSSR count). The minimum atomic E-state index is -0.611. The topological polar surface area (TPSA) is 51.2 Å². The zero-order valence-electron chi connectivity index (χ0n) is 24.4. The molecule has 2 atom stereocenters. The van der Waals surface area contributed by atoms with Gasteiger partial charge in [-0.2, -0.15) is 0 Å². The van der Waals surface area contributed by atoms with Crippen molar-refractivity contribution in [1.29, 1.82) is 0 Å². The fourth-order valence-corrected chi connectivity index (χ4v) is 7.12. The zero-order valence-corrected chi connectivity index (χ0v) is 25.2. The molecule has 42 heavy (non-hydrogen) atoms. The van der Waals surface area contributed by atoms with E-state index in [1.54, 1.807) is 18.4 Å². The van der Waals surface area contributed by atoms with E-state index < -0.39 is 6.10 Å². The number of rotatable bonds is 11. The summed E-state index contributed by atoms with van der Waals surface area (Å²) < 4.78 is 19.0. The third-order valence-corrected chi connectivity index (χ3v) is 9.46. The molecule has 1 N–H and O–H groups in total. The number of aliphatic hydroxyl groups is 1. The number of hydrogen-bond donors (Lipinski definition) is 1. The number of fused-ring (bicyclic) bond motifs is 1. The number of aliphatic hydroxyl groups excluding tert-OH is 1. The molecule has 1 aliphatic carbocycles. The number of methoxy groups -OCH3 is 1. The lowest BCUT2D eigenvalue weighted by Crippen LogP contribution is -2.25. The van der Waals surface area contributed by atoms with Gasteiger partial charge in [0, 0.05) is 22.0 Å². The van der Waals surface area contributed by atoms with Crippen LogP contribution in [0.25, 0.3) is 20.5 Å². The Bertz CT molecular complexity index is 1550. The molecule has 1 saturated heterocycles. The van der Waals surface area contributed by atoms with E-state index in [4.69, 9.17) is 14.2 Å². The van der Waals surface area contributed by atoms with Gasteiger partial charge < -0.3 is 19.3 Å². The molecule has 218 valence electrons. The van der Waals surface area contributed by atoms with Crippen LogP contribution in [0.15, 0.2) is 96.3 Å². The highest BCUT2D eigenvalue weighted by molar-refractivity contribution is 7.22. The molecule has 1 aromatic heterocycles. The molecule has 6 heteroatoms. The lowest BCUT2D eigenvalue weighted by molar-refractivity contribution is 0.0987. The molecule has 2 aliphatic rings. The first-order valence-electron chi connectivity index (χ1n) is 14.9. The molecule has 0 radical (unpaired) electrons. The predicted octanol–water partition coefficient (Wildman–Crippen LogP) is 7.63. The van der Waals surface area contributed by atoms with E-state index in [1.807, 2.05) is 31.2 Å². The summed E-state index contributed by atoms with van der Waals surface area (Å²) in [5.41, 5.74) is 4.74. The summed E-state index contributed by atoms with van der Waals surface area (Å²) >= 11 is 1.79. The fourth-order valence-electron chi connectivity index (χ4n) is 5.87. The molecule has 0 bridgehead atoms. The lowest BCUT2D eigenvalue weighted by Gasteiger charge is -2.24. The van der Waals surface area contributed by atoms with E-state index in [-0.39, 0.29) is 5.92 Å². The van der Waals surface area contributed by atoms with Crippen molar-refractivity contribution in [3.8, 4) is 21.9 Å². The van der Waals surface area contributed by atoms with Crippen molar-refractivity contribution < 1.29 is 19.3 Å². The van der Waals surface area contributed by atoms with Crippen LogP contribution in [-0.4, -0.2) is 49.5 Å². The van der Waals surface area contributed by atoms with Gasteiger partial charge >= 0.3 is 0 Å². The van der Waals surface area contributed by atoms with E-state index in [9.17, 15) is 5.11 Å². The maximum absolute atomic E-state index is 10.5. The standard InChI is InChI=1S/C36H39NO4S/c1-25-20-27(22-33(39-2)35(25)38)21-32-31-15-14-30(41-24-26-8-4-3-5-9-26)23-34(31)42-36(32)28-10-12-29(13-11-28)40-19-18-37-16-6-7-17-37/h3-5,8-15,20,22-23,25,35,38H,6-7,16-19,21,24H2,1-2H3. The number of likely N-dealkylation sites (tertiary alicyclic amines) is 1. The minimum Gasteiger partial charge on any atom is -0.498 e. The molecule has 1 aliphatic heterocycles. The smallest absolute Gasteiger partial charge is 0.125 e. The van der Waals surface area contributed by atoms with Gasteiger partial charge in [0.2, 0.25) is 0 Å². The van der Waals surface area contributed by atoms with Crippen LogP contribution in [0.2, 0.25) is 0 Å². The average molecular weight is 582 g/mol. The van der Waals surface area contributed by atoms with E-state index in [1.165, 1.54) is 52.0 Å². The van der Waals surface area contributed by atoms with Crippen LogP contribution >= 0.6 is 11.3 Å². The highest BCUT2D eigenvalue weighted by Gasteiger charge is 2.24. The second kappa shape index (κ2) is 13.2. The van der Waals surface area contributed by atoms with Crippen molar-refractivity contribution in [3.05, 3.63) is 107 Å². The highest BCUT2D eigenvalue weighted by atomic mass is 32.1. The summed E-state index contributed by atoms with van der Waals surface area (Å²) in [5, 5.41) is 11.8. The number of ether oxygens (including phenoxy) is 3. The number of allylic oxidation sites excluding steroid dienone is 2. The van der Waals surface area contributed by atoms with Crippen LogP contribution in [0.4, 0.5) is 0 Å². The first kappa shape index (κ1) is 28.5. The Morgan fingerprint density at radius 3 is 2.45 bits per heavy atom. The zero-order chi connectivity index (χ0) is 28.9. The van der Waals surface area contributed by atoms with Crippen LogP contribution in [0, 0.1) is 5.92 Å². The van der Waals surface area contributed by atoms with E-state index in [0.717, 1.165) is 35.6 Å². The summed E-state index contributed by atoms with van der Waals surface area (Å²) in [7, 11) is 1.63. The molecule has 4 aromatic rings. The van der Waals surface area contributed by atoms with Crippen LogP contribution in [0.1, 0.15) is 30.9 Å². The van der Waals surface area contributed by atoms with Gasteiger partial charge in [0.25, 0.3) is 0 Å². The third-order valence-electron chi connectivity index (χ3n) is 8.21. The Morgan fingerprint density at radius 1 is 0.929 bits per heavy atom. The maximum Gasteiger partial charge on any atom is 0.125 e. The second-order valence-corrected chi connectivity index (χ2v) is 12.3. The molecular weight excluding hydrogens is 542 g/mol. The van der Waals surface area contributed by atoms with Gasteiger partial charge in [-0.1, -0.05) is 43.3 Å². The molecule has 2 unspecified atom stereocenters. The van der Waals surface area contributed by atoms with E-state index >= 15 is 0 Å². The third kappa shape index (κ3) is 6.57. The number of benzene rings is 3. The van der Waals surface area contributed by atoms with Crippen molar-refractivity contribution in [2.24, 2.45) is 5.92 Å².